The quantitative estimate of drug-likeness (QED) is 0.393. The number of anilines is 1. The molecule has 9 nitrogen and oxygen atoms in total. The molecular formula is C21H22F3N7O2S. The highest BCUT2D eigenvalue weighted by molar-refractivity contribution is 7.92. The van der Waals surface area contributed by atoms with Crippen molar-refractivity contribution < 1.29 is 21.6 Å². The van der Waals surface area contributed by atoms with Crippen molar-refractivity contribution in [3.63, 3.8) is 0 Å². The zero-order chi connectivity index (χ0) is 24.7. The zero-order valence-electron chi connectivity index (χ0n) is 18.6. The maximum Gasteiger partial charge on any atom is 0.416 e. The average molecular weight is 494 g/mol. The molecule has 180 valence electrons. The highest BCUT2D eigenvalue weighted by atomic mass is 32.2. The molecule has 0 saturated carbocycles. The number of alkyl halides is 3. The lowest BCUT2D eigenvalue weighted by atomic mass is 10.2. The molecule has 0 unspecified atom stereocenters. The fourth-order valence-corrected chi connectivity index (χ4v) is 4.88. The summed E-state index contributed by atoms with van der Waals surface area (Å²) < 4.78 is 70.6. The Labute approximate surface area is 194 Å². The number of para-hydroxylation sites is 1. The maximum atomic E-state index is 13.7. The van der Waals surface area contributed by atoms with Gasteiger partial charge in [-0.05, 0) is 32.3 Å². The molecule has 0 radical (unpaired) electrons. The Bertz CT molecular complexity index is 1430. The van der Waals surface area contributed by atoms with Crippen molar-refractivity contribution in [1.82, 2.24) is 29.4 Å². The molecule has 0 saturated heterocycles. The Morgan fingerprint density at radius 3 is 2.53 bits per heavy atom. The summed E-state index contributed by atoms with van der Waals surface area (Å²) in [5.41, 5.74) is 0.161. The molecule has 1 aromatic carbocycles. The van der Waals surface area contributed by atoms with Crippen molar-refractivity contribution in [2.45, 2.75) is 11.1 Å². The molecule has 0 atom stereocenters. The van der Waals surface area contributed by atoms with Gasteiger partial charge in [0.15, 0.2) is 5.82 Å². The molecule has 0 aliphatic rings. The molecule has 0 spiro atoms. The average Bonchev–Trinajstić information content (AvgIpc) is 3.41. The van der Waals surface area contributed by atoms with E-state index in [9.17, 15) is 21.6 Å². The lowest BCUT2D eigenvalue weighted by Gasteiger charge is -2.26. The lowest BCUT2D eigenvalue weighted by Crippen LogP contribution is -2.37. The first-order chi connectivity index (χ1) is 16.0. The highest BCUT2D eigenvalue weighted by Gasteiger charge is 2.32. The van der Waals surface area contributed by atoms with E-state index in [1.807, 2.05) is 25.1 Å². The number of rotatable bonds is 7. The van der Waals surface area contributed by atoms with Crippen LogP contribution in [0.15, 0.2) is 60.0 Å². The van der Waals surface area contributed by atoms with Crippen LogP contribution in [0.5, 0.6) is 0 Å². The summed E-state index contributed by atoms with van der Waals surface area (Å²) in [6.07, 6.45) is 0.338. The number of likely N-dealkylation sites (N-methyl/N-ethyl adjacent to an activating group) is 1. The molecule has 4 aromatic rings. The summed E-state index contributed by atoms with van der Waals surface area (Å²) in [5, 5.41) is 8.97. The van der Waals surface area contributed by atoms with Crippen molar-refractivity contribution in [1.29, 1.82) is 0 Å². The van der Waals surface area contributed by atoms with Crippen LogP contribution >= 0.6 is 0 Å². The van der Waals surface area contributed by atoms with Gasteiger partial charge in [-0.25, -0.2) is 18.1 Å². The first-order valence-electron chi connectivity index (χ1n) is 10.1. The van der Waals surface area contributed by atoms with Gasteiger partial charge < -0.3 is 4.90 Å². The van der Waals surface area contributed by atoms with Crippen LogP contribution in [0, 0.1) is 0 Å². The van der Waals surface area contributed by atoms with Crippen molar-refractivity contribution in [3.8, 4) is 5.82 Å². The van der Waals surface area contributed by atoms with E-state index < -0.39 is 21.8 Å². The van der Waals surface area contributed by atoms with Crippen LogP contribution in [0.3, 0.4) is 0 Å². The third kappa shape index (κ3) is 4.48. The summed E-state index contributed by atoms with van der Waals surface area (Å²) in [6.45, 7) is 0.559. The molecule has 0 amide bonds. The van der Waals surface area contributed by atoms with Crippen LogP contribution in [-0.2, 0) is 23.2 Å². The number of aromatic nitrogens is 5. The molecule has 0 aliphatic heterocycles. The van der Waals surface area contributed by atoms with Crippen molar-refractivity contribution in [3.05, 3.63) is 60.7 Å². The molecule has 3 heterocycles. The predicted molar refractivity (Wildman–Crippen MR) is 120 cm³/mol. The van der Waals surface area contributed by atoms with Gasteiger partial charge in [-0.3, -0.25) is 8.99 Å². The molecule has 0 fully saturated rings. The number of sulfonamides is 1. The maximum absolute atomic E-state index is 13.7. The first kappa shape index (κ1) is 23.7. The van der Waals surface area contributed by atoms with Crippen LogP contribution < -0.4 is 4.31 Å². The second-order valence-electron chi connectivity index (χ2n) is 7.88. The monoisotopic (exact) mass is 493 g/mol. The van der Waals surface area contributed by atoms with Gasteiger partial charge in [-0.2, -0.15) is 23.4 Å². The molecular weight excluding hydrogens is 471 g/mol. The molecule has 0 bridgehead atoms. The van der Waals surface area contributed by atoms with Crippen LogP contribution in [0.25, 0.3) is 16.7 Å². The second kappa shape index (κ2) is 8.72. The number of nitrogens with zero attached hydrogens (tertiary/aromatic N) is 7. The number of aryl methyl sites for hydroxylation is 1. The SMILES string of the molecule is CN(C)CCN(c1cccc2cnn(C)c12)S(=O)(=O)c1cnn(-c2cc(C(F)(F)F)ccn2)c1. The number of fused-ring (bicyclic) bond motifs is 1. The number of hydrogen-bond acceptors (Lipinski definition) is 6. The molecule has 4 rings (SSSR count). The summed E-state index contributed by atoms with van der Waals surface area (Å²) in [4.78, 5) is 5.57. The van der Waals surface area contributed by atoms with Crippen LogP contribution in [0.4, 0.5) is 18.9 Å². The van der Waals surface area contributed by atoms with E-state index in [0.29, 0.717) is 17.7 Å². The fraction of sp³-hybridized carbons (Fsp3) is 0.286. The van der Waals surface area contributed by atoms with Crippen LogP contribution in [0.1, 0.15) is 5.56 Å². The lowest BCUT2D eigenvalue weighted by molar-refractivity contribution is -0.137. The fourth-order valence-electron chi connectivity index (χ4n) is 3.49. The minimum Gasteiger partial charge on any atom is -0.308 e. The smallest absolute Gasteiger partial charge is 0.308 e. The van der Waals surface area contributed by atoms with Gasteiger partial charge in [0, 0.05) is 31.7 Å². The van der Waals surface area contributed by atoms with Gasteiger partial charge in [0.2, 0.25) is 0 Å². The number of pyridine rings is 1. The highest BCUT2D eigenvalue weighted by Crippen LogP contribution is 2.32. The number of benzene rings is 1. The van der Waals surface area contributed by atoms with E-state index in [1.165, 1.54) is 4.31 Å². The van der Waals surface area contributed by atoms with Gasteiger partial charge in [0.05, 0.1) is 35.4 Å². The largest absolute Gasteiger partial charge is 0.416 e. The third-order valence-corrected chi connectivity index (χ3v) is 6.98. The minimum absolute atomic E-state index is 0.132. The van der Waals surface area contributed by atoms with E-state index in [4.69, 9.17) is 0 Å². The molecule has 13 heteroatoms. The van der Waals surface area contributed by atoms with E-state index in [2.05, 4.69) is 15.2 Å². The number of halogens is 3. The Morgan fingerprint density at radius 2 is 1.82 bits per heavy atom. The second-order valence-corrected chi connectivity index (χ2v) is 9.75. The third-order valence-electron chi connectivity index (χ3n) is 5.21. The van der Waals surface area contributed by atoms with E-state index in [-0.39, 0.29) is 17.3 Å². The normalized spacial score (nSPS) is 12.6. The van der Waals surface area contributed by atoms with Crippen LogP contribution in [-0.4, -0.2) is 65.0 Å². The standard InChI is InChI=1S/C21H22F3N7O2S/c1-28(2)9-10-31(18-6-4-5-15-12-26-29(3)20(15)18)34(32,33)17-13-27-30(14-17)19-11-16(7-8-25-19)21(22,23)24/h4-8,11-14H,9-10H2,1-3H3. The van der Waals surface area contributed by atoms with Gasteiger partial charge in [-0.15, -0.1) is 0 Å². The van der Waals surface area contributed by atoms with Gasteiger partial charge in [0.1, 0.15) is 4.90 Å². The van der Waals surface area contributed by atoms with Crippen molar-refractivity contribution in [2.24, 2.45) is 7.05 Å². The molecule has 3 aromatic heterocycles. The minimum atomic E-state index is -4.56. The summed E-state index contributed by atoms with van der Waals surface area (Å²) >= 11 is 0. The van der Waals surface area contributed by atoms with E-state index in [1.54, 1.807) is 30.1 Å². The Hall–Kier alpha value is -3.45. The topological polar surface area (TPSA) is 89.2 Å². The molecule has 0 aliphatic carbocycles. The van der Waals surface area contributed by atoms with Crippen molar-refractivity contribution >= 4 is 26.6 Å². The summed E-state index contributed by atoms with van der Waals surface area (Å²) in [7, 11) is 1.25. The zero-order valence-corrected chi connectivity index (χ0v) is 19.4. The Balaban J connectivity index is 1.78. The molecule has 34 heavy (non-hydrogen) atoms. The van der Waals surface area contributed by atoms with Gasteiger partial charge >= 0.3 is 6.18 Å². The summed E-state index contributed by atoms with van der Waals surface area (Å²) in [6, 6.07) is 6.91. The molecule has 0 N–H and O–H groups in total. The number of hydrogen-bond donors (Lipinski definition) is 0. The van der Waals surface area contributed by atoms with Crippen LogP contribution in [0.2, 0.25) is 0 Å². The van der Waals surface area contributed by atoms with Gasteiger partial charge in [0.25, 0.3) is 10.0 Å². The first-order valence-corrected chi connectivity index (χ1v) is 11.6. The van der Waals surface area contributed by atoms with E-state index >= 15 is 0 Å². The van der Waals surface area contributed by atoms with Gasteiger partial charge in [-0.1, -0.05) is 12.1 Å². The van der Waals surface area contributed by atoms with E-state index in [0.717, 1.165) is 40.8 Å². The predicted octanol–water partition coefficient (Wildman–Crippen LogP) is 2.93. The Kier molecular flexibility index (Phi) is 6.08. The van der Waals surface area contributed by atoms with Crippen molar-refractivity contribution in [2.75, 3.05) is 31.5 Å². The summed E-state index contributed by atoms with van der Waals surface area (Å²) in [5.74, 6) is -0.148. The Morgan fingerprint density at radius 1 is 1.06 bits per heavy atom.